The van der Waals surface area contributed by atoms with E-state index >= 15 is 0 Å². The highest BCUT2D eigenvalue weighted by atomic mass is 35.5. The molecule has 5 heteroatoms. The van der Waals surface area contributed by atoms with Gasteiger partial charge in [0, 0.05) is 29.4 Å². The number of hydrogen-bond acceptors (Lipinski definition) is 3. The molecule has 0 spiro atoms. The van der Waals surface area contributed by atoms with Crippen LogP contribution < -0.4 is 10.5 Å². The van der Waals surface area contributed by atoms with Gasteiger partial charge in [0.05, 0.1) is 11.1 Å². The van der Waals surface area contributed by atoms with Crippen molar-refractivity contribution in [2.24, 2.45) is 17.6 Å². The summed E-state index contributed by atoms with van der Waals surface area (Å²) in [6.45, 7) is 4.58. The van der Waals surface area contributed by atoms with Gasteiger partial charge in [-0.1, -0.05) is 43.1 Å². The van der Waals surface area contributed by atoms with E-state index in [1.54, 1.807) is 0 Å². The number of ether oxygens (including phenoxy) is 1. The smallest absolute Gasteiger partial charge is 0.220 e. The first-order chi connectivity index (χ1) is 15.9. The molecule has 3 fully saturated rings. The lowest BCUT2D eigenvalue weighted by atomic mass is 9.86. The number of halogens is 1. The van der Waals surface area contributed by atoms with Gasteiger partial charge in [-0.3, -0.25) is 9.69 Å². The summed E-state index contributed by atoms with van der Waals surface area (Å²) in [7, 11) is 0. The number of rotatable bonds is 6. The molecule has 2 aromatic carbocycles. The first kappa shape index (κ1) is 23.0. The van der Waals surface area contributed by atoms with E-state index in [0.29, 0.717) is 12.1 Å². The van der Waals surface area contributed by atoms with Crippen molar-refractivity contribution in [1.29, 1.82) is 0 Å². The van der Waals surface area contributed by atoms with E-state index in [4.69, 9.17) is 22.1 Å². The molecule has 3 atom stereocenters. The zero-order chi connectivity index (χ0) is 23.1. The van der Waals surface area contributed by atoms with Crippen LogP contribution in [-0.2, 0) is 4.79 Å². The largest absolute Gasteiger partial charge is 0.489 e. The third kappa shape index (κ3) is 4.49. The summed E-state index contributed by atoms with van der Waals surface area (Å²) in [5, 5.41) is 2.95. The Labute approximate surface area is 202 Å². The van der Waals surface area contributed by atoms with Gasteiger partial charge in [0.25, 0.3) is 0 Å². The van der Waals surface area contributed by atoms with Crippen LogP contribution in [0.3, 0.4) is 0 Å². The van der Waals surface area contributed by atoms with Crippen LogP contribution in [0.5, 0.6) is 5.75 Å². The Balaban J connectivity index is 1.36. The van der Waals surface area contributed by atoms with E-state index in [1.165, 1.54) is 24.8 Å². The maximum absolute atomic E-state index is 11.8. The number of piperidine rings is 1. The molecule has 1 saturated carbocycles. The average Bonchev–Trinajstić information content (AvgIpc) is 3.09. The summed E-state index contributed by atoms with van der Waals surface area (Å²) in [5.74, 6) is 1.57. The lowest BCUT2D eigenvalue weighted by Gasteiger charge is -2.42. The highest BCUT2D eigenvalue weighted by molar-refractivity contribution is 6.37. The van der Waals surface area contributed by atoms with Crippen LogP contribution in [0.15, 0.2) is 30.3 Å². The number of amides is 1. The second kappa shape index (κ2) is 9.46. The molecule has 0 radical (unpaired) electrons. The van der Waals surface area contributed by atoms with Crippen LogP contribution in [0.2, 0.25) is 5.02 Å². The molecule has 33 heavy (non-hydrogen) atoms. The zero-order valence-corrected chi connectivity index (χ0v) is 20.7. The minimum atomic E-state index is -0.132. The fourth-order valence-electron chi connectivity index (χ4n) is 6.72. The quantitative estimate of drug-likeness (QED) is 0.517. The van der Waals surface area contributed by atoms with Gasteiger partial charge in [-0.2, -0.15) is 0 Å². The molecule has 1 amide bonds. The molecule has 3 aliphatic rings. The topological polar surface area (TPSA) is 55.6 Å². The van der Waals surface area contributed by atoms with Crippen molar-refractivity contribution in [2.45, 2.75) is 95.9 Å². The molecule has 2 bridgehead atoms. The molecule has 4 nitrogen and oxygen atoms in total. The lowest BCUT2D eigenvalue weighted by molar-refractivity contribution is -0.124. The number of fused-ring (bicyclic) bond motifs is 3. The van der Waals surface area contributed by atoms with Crippen LogP contribution in [0.25, 0.3) is 10.8 Å². The van der Waals surface area contributed by atoms with Gasteiger partial charge in [-0.25, -0.2) is 0 Å². The van der Waals surface area contributed by atoms with E-state index in [2.05, 4.69) is 43.0 Å². The Kier molecular flexibility index (Phi) is 6.59. The van der Waals surface area contributed by atoms with Crippen molar-refractivity contribution in [2.75, 3.05) is 0 Å². The maximum atomic E-state index is 11.8. The van der Waals surface area contributed by atoms with E-state index in [9.17, 15) is 4.79 Å². The van der Waals surface area contributed by atoms with Crippen LogP contribution in [0, 0.1) is 11.8 Å². The molecule has 5 rings (SSSR count). The summed E-state index contributed by atoms with van der Waals surface area (Å²) < 4.78 is 6.40. The Morgan fingerprint density at radius 3 is 2.39 bits per heavy atom. The number of hydrogen-bond donors (Lipinski definition) is 1. The number of primary amides is 1. The molecule has 178 valence electrons. The third-order valence-electron chi connectivity index (χ3n) is 8.73. The minimum absolute atomic E-state index is 0.0316. The van der Waals surface area contributed by atoms with Crippen LogP contribution >= 0.6 is 11.6 Å². The number of carbonyl (C=O) groups is 1. The normalized spacial score (nSPS) is 30.9. The van der Waals surface area contributed by atoms with Crippen LogP contribution in [-0.4, -0.2) is 29.0 Å². The molecule has 2 heterocycles. The van der Waals surface area contributed by atoms with Crippen LogP contribution in [0.1, 0.15) is 83.2 Å². The SMILES string of the molecule is CCC1CCC(Oc2ccc3ccc(C(C)N4C5CCC4CC(C(N)=O)C5)cc3c2Cl)CC1. The minimum Gasteiger partial charge on any atom is -0.489 e. The number of nitrogens with zero attached hydrogens (tertiary/aromatic N) is 1. The Morgan fingerprint density at radius 2 is 1.76 bits per heavy atom. The van der Waals surface area contributed by atoms with E-state index in [-0.39, 0.29) is 24.0 Å². The summed E-state index contributed by atoms with van der Waals surface area (Å²) in [4.78, 5) is 14.4. The first-order valence-electron chi connectivity index (χ1n) is 12.9. The predicted octanol–water partition coefficient (Wildman–Crippen LogP) is 6.63. The van der Waals surface area contributed by atoms with Crippen LogP contribution in [0.4, 0.5) is 0 Å². The van der Waals surface area contributed by atoms with Crippen molar-refractivity contribution in [3.63, 3.8) is 0 Å². The van der Waals surface area contributed by atoms with Gasteiger partial charge in [0.15, 0.2) is 0 Å². The highest BCUT2D eigenvalue weighted by Gasteiger charge is 2.44. The van der Waals surface area contributed by atoms with E-state index in [0.717, 1.165) is 66.0 Å². The molecule has 3 unspecified atom stereocenters. The Bertz CT molecular complexity index is 1000. The van der Waals surface area contributed by atoms with Crippen molar-refractivity contribution < 1.29 is 9.53 Å². The number of carbonyl (C=O) groups excluding carboxylic acids is 1. The standard InChI is InChI=1S/C28H37ClN2O2/c1-3-18-4-11-24(12-5-18)33-26-13-8-19-6-7-20(16-25(19)27(26)29)17(2)31-22-9-10-23(31)15-21(14-22)28(30)32/h6-8,13,16-18,21-24H,3-5,9-12,14-15H2,1-2H3,(H2,30,32). The van der Waals surface area contributed by atoms with Crippen molar-refractivity contribution >= 4 is 28.3 Å². The van der Waals surface area contributed by atoms with Gasteiger partial charge in [0.1, 0.15) is 5.75 Å². The fraction of sp³-hybridized carbons (Fsp3) is 0.607. The van der Waals surface area contributed by atoms with E-state index < -0.39 is 0 Å². The van der Waals surface area contributed by atoms with E-state index in [1.807, 2.05) is 6.07 Å². The second-order valence-corrected chi connectivity index (χ2v) is 11.0. The van der Waals surface area contributed by atoms with Gasteiger partial charge in [-0.15, -0.1) is 0 Å². The molecular formula is C28H37ClN2O2. The molecular weight excluding hydrogens is 432 g/mol. The predicted molar refractivity (Wildman–Crippen MR) is 135 cm³/mol. The molecule has 1 aliphatic carbocycles. The summed E-state index contributed by atoms with van der Waals surface area (Å²) in [6.07, 6.45) is 10.4. The first-order valence-corrected chi connectivity index (χ1v) is 13.3. The third-order valence-corrected chi connectivity index (χ3v) is 9.12. The summed E-state index contributed by atoms with van der Waals surface area (Å²) in [5.41, 5.74) is 6.92. The average molecular weight is 469 g/mol. The van der Waals surface area contributed by atoms with Crippen molar-refractivity contribution in [1.82, 2.24) is 4.90 Å². The highest BCUT2D eigenvalue weighted by Crippen LogP contribution is 2.44. The van der Waals surface area contributed by atoms with Gasteiger partial charge in [0.2, 0.25) is 5.91 Å². The summed E-state index contributed by atoms with van der Waals surface area (Å²) >= 11 is 6.91. The number of nitrogens with two attached hydrogens (primary N) is 1. The van der Waals surface area contributed by atoms with Crippen molar-refractivity contribution in [3.8, 4) is 5.75 Å². The summed E-state index contributed by atoms with van der Waals surface area (Å²) in [6, 6.07) is 12.0. The fourth-order valence-corrected chi connectivity index (χ4v) is 6.99. The lowest BCUT2D eigenvalue weighted by Crippen LogP contribution is -2.46. The Morgan fingerprint density at radius 1 is 1.09 bits per heavy atom. The zero-order valence-electron chi connectivity index (χ0n) is 19.9. The second-order valence-electron chi connectivity index (χ2n) is 10.6. The number of benzene rings is 2. The van der Waals surface area contributed by atoms with Gasteiger partial charge < -0.3 is 10.5 Å². The maximum Gasteiger partial charge on any atom is 0.220 e. The molecule has 2 aromatic rings. The molecule has 2 saturated heterocycles. The van der Waals surface area contributed by atoms with Gasteiger partial charge in [-0.05, 0) is 87.3 Å². The molecule has 0 aromatic heterocycles. The molecule has 2 N–H and O–H groups in total. The van der Waals surface area contributed by atoms with Gasteiger partial charge >= 0.3 is 0 Å². The monoisotopic (exact) mass is 468 g/mol. The Hall–Kier alpha value is -1.78. The molecule has 2 aliphatic heterocycles. The van der Waals surface area contributed by atoms with Crippen molar-refractivity contribution in [3.05, 3.63) is 40.9 Å².